The van der Waals surface area contributed by atoms with Crippen LogP contribution in [0.4, 0.5) is 0 Å². The number of nitrogens with two attached hydrogens (primary N) is 1. The number of piperidine rings is 1. The van der Waals surface area contributed by atoms with Crippen LogP contribution >= 0.6 is 0 Å². The number of likely N-dealkylation sites (tertiary alicyclic amines) is 1. The SMILES string of the molecule is C[C@H]1CC(NC(=O)c2cc(C3CC3)on2)CCN1C(=O)CC(C)(C)CN. The standard InChI is InChI=1S/C19H30N4O3/c1-12-8-14(6-7-23(12)17(24)10-19(2,3)11-20)21-18(25)15-9-16(26-22-15)13-4-5-13/h9,12-14H,4-8,10-11,20H2,1-3H3,(H,21,25)/t12-,14?/m0/s1. The highest BCUT2D eigenvalue weighted by molar-refractivity contribution is 5.92. The lowest BCUT2D eigenvalue weighted by molar-refractivity contribution is -0.136. The molecule has 1 saturated carbocycles. The van der Waals surface area contributed by atoms with Crippen molar-refractivity contribution < 1.29 is 14.1 Å². The van der Waals surface area contributed by atoms with Crippen LogP contribution in [-0.2, 0) is 4.79 Å². The summed E-state index contributed by atoms with van der Waals surface area (Å²) in [5.74, 6) is 1.20. The first-order chi connectivity index (χ1) is 12.3. The molecule has 1 aromatic heterocycles. The van der Waals surface area contributed by atoms with Crippen LogP contribution in [0.5, 0.6) is 0 Å². The predicted molar refractivity (Wildman–Crippen MR) is 97.6 cm³/mol. The maximum atomic E-state index is 12.6. The Morgan fingerprint density at radius 1 is 1.38 bits per heavy atom. The van der Waals surface area contributed by atoms with E-state index in [-0.39, 0.29) is 29.3 Å². The molecule has 1 aliphatic carbocycles. The average Bonchev–Trinajstić information content (AvgIpc) is 3.31. The quantitative estimate of drug-likeness (QED) is 0.806. The minimum absolute atomic E-state index is 0.0464. The third-order valence-corrected chi connectivity index (χ3v) is 5.45. The molecular weight excluding hydrogens is 332 g/mol. The Bertz CT molecular complexity index is 665. The first-order valence-corrected chi connectivity index (χ1v) is 9.56. The zero-order valence-corrected chi connectivity index (χ0v) is 16.0. The second-order valence-corrected chi connectivity index (χ2v) is 8.56. The molecule has 2 atom stereocenters. The van der Waals surface area contributed by atoms with Gasteiger partial charge in [-0.25, -0.2) is 0 Å². The lowest BCUT2D eigenvalue weighted by atomic mass is 9.88. The molecule has 1 aromatic rings. The monoisotopic (exact) mass is 362 g/mol. The van der Waals surface area contributed by atoms with Gasteiger partial charge in [-0.15, -0.1) is 0 Å². The van der Waals surface area contributed by atoms with Crippen molar-refractivity contribution in [3.05, 3.63) is 17.5 Å². The summed E-state index contributed by atoms with van der Waals surface area (Å²) in [6.07, 6.45) is 4.17. The first kappa shape index (κ1) is 18.9. The number of amides is 2. The number of hydrogen-bond donors (Lipinski definition) is 2. The zero-order valence-electron chi connectivity index (χ0n) is 16.0. The van der Waals surface area contributed by atoms with Crippen LogP contribution in [0, 0.1) is 5.41 Å². The highest BCUT2D eigenvalue weighted by atomic mass is 16.5. The molecule has 0 radical (unpaired) electrons. The molecule has 144 valence electrons. The van der Waals surface area contributed by atoms with Crippen LogP contribution in [0.15, 0.2) is 10.6 Å². The molecule has 2 fully saturated rings. The van der Waals surface area contributed by atoms with E-state index in [2.05, 4.69) is 10.5 Å². The number of nitrogens with one attached hydrogen (secondary N) is 1. The average molecular weight is 362 g/mol. The highest BCUT2D eigenvalue weighted by Gasteiger charge is 2.33. The molecule has 3 rings (SSSR count). The van der Waals surface area contributed by atoms with Crippen molar-refractivity contribution in [1.29, 1.82) is 0 Å². The molecule has 1 unspecified atom stereocenters. The summed E-state index contributed by atoms with van der Waals surface area (Å²) >= 11 is 0. The molecule has 2 aliphatic rings. The van der Waals surface area contributed by atoms with E-state index in [0.717, 1.165) is 31.4 Å². The van der Waals surface area contributed by atoms with E-state index >= 15 is 0 Å². The van der Waals surface area contributed by atoms with Gasteiger partial charge in [-0.05, 0) is 44.6 Å². The van der Waals surface area contributed by atoms with Crippen molar-refractivity contribution in [2.45, 2.75) is 70.9 Å². The molecule has 0 bridgehead atoms. The van der Waals surface area contributed by atoms with Gasteiger partial charge in [0.2, 0.25) is 5.91 Å². The van der Waals surface area contributed by atoms with Gasteiger partial charge in [-0.1, -0.05) is 19.0 Å². The summed E-state index contributed by atoms with van der Waals surface area (Å²) in [5.41, 5.74) is 5.91. The molecule has 0 spiro atoms. The van der Waals surface area contributed by atoms with Gasteiger partial charge in [-0.3, -0.25) is 9.59 Å². The van der Waals surface area contributed by atoms with Gasteiger partial charge in [0.25, 0.3) is 5.91 Å². The van der Waals surface area contributed by atoms with Crippen LogP contribution in [0.2, 0.25) is 0 Å². The zero-order chi connectivity index (χ0) is 18.9. The van der Waals surface area contributed by atoms with Crippen molar-refractivity contribution in [3.63, 3.8) is 0 Å². The van der Waals surface area contributed by atoms with Gasteiger partial charge in [0.1, 0.15) is 5.76 Å². The van der Waals surface area contributed by atoms with Crippen molar-refractivity contribution in [3.8, 4) is 0 Å². The lowest BCUT2D eigenvalue weighted by Crippen LogP contribution is -2.51. The van der Waals surface area contributed by atoms with Crippen LogP contribution in [0.1, 0.15) is 75.0 Å². The molecule has 7 nitrogen and oxygen atoms in total. The topological polar surface area (TPSA) is 101 Å². The fraction of sp³-hybridized carbons (Fsp3) is 0.737. The lowest BCUT2D eigenvalue weighted by Gasteiger charge is -2.39. The van der Waals surface area contributed by atoms with Gasteiger partial charge in [0.05, 0.1) is 0 Å². The number of rotatable bonds is 6. The normalized spacial score (nSPS) is 23.8. The largest absolute Gasteiger partial charge is 0.360 e. The van der Waals surface area contributed by atoms with E-state index in [0.29, 0.717) is 31.1 Å². The minimum Gasteiger partial charge on any atom is -0.360 e. The predicted octanol–water partition coefficient (Wildman–Crippen LogP) is 2.04. The number of nitrogens with zero attached hydrogens (tertiary/aromatic N) is 2. The Balaban J connectivity index is 1.51. The van der Waals surface area contributed by atoms with Gasteiger partial charge < -0.3 is 20.5 Å². The summed E-state index contributed by atoms with van der Waals surface area (Å²) in [4.78, 5) is 26.9. The molecule has 7 heteroatoms. The van der Waals surface area contributed by atoms with E-state index in [1.807, 2.05) is 25.7 Å². The summed E-state index contributed by atoms with van der Waals surface area (Å²) in [7, 11) is 0. The maximum absolute atomic E-state index is 12.6. The van der Waals surface area contributed by atoms with Gasteiger partial charge >= 0.3 is 0 Å². The van der Waals surface area contributed by atoms with E-state index in [9.17, 15) is 9.59 Å². The van der Waals surface area contributed by atoms with Gasteiger partial charge in [-0.2, -0.15) is 0 Å². The second kappa shape index (κ2) is 7.39. The molecule has 3 N–H and O–H groups in total. The molecule has 1 saturated heterocycles. The van der Waals surface area contributed by atoms with E-state index in [1.165, 1.54) is 0 Å². The Hall–Kier alpha value is -1.89. The van der Waals surface area contributed by atoms with E-state index in [1.54, 1.807) is 6.07 Å². The molecule has 2 amide bonds. The van der Waals surface area contributed by atoms with Gasteiger partial charge in [0, 0.05) is 37.0 Å². The van der Waals surface area contributed by atoms with Crippen molar-refractivity contribution >= 4 is 11.8 Å². The number of carbonyl (C=O) groups excluding carboxylic acids is 2. The number of aromatic nitrogens is 1. The Labute approximate surface area is 154 Å². The maximum Gasteiger partial charge on any atom is 0.273 e. The summed E-state index contributed by atoms with van der Waals surface area (Å²) in [5, 5.41) is 6.93. The Kier molecular flexibility index (Phi) is 5.37. The first-order valence-electron chi connectivity index (χ1n) is 9.56. The smallest absolute Gasteiger partial charge is 0.273 e. The molecule has 26 heavy (non-hydrogen) atoms. The Morgan fingerprint density at radius 3 is 2.73 bits per heavy atom. The van der Waals surface area contributed by atoms with Crippen molar-refractivity contribution in [1.82, 2.24) is 15.4 Å². The molecular formula is C19H30N4O3. The van der Waals surface area contributed by atoms with Crippen molar-refractivity contribution in [2.24, 2.45) is 11.1 Å². The number of hydrogen-bond acceptors (Lipinski definition) is 5. The Morgan fingerprint density at radius 2 is 2.12 bits per heavy atom. The highest BCUT2D eigenvalue weighted by Crippen LogP contribution is 2.40. The van der Waals surface area contributed by atoms with Crippen LogP contribution in [0.25, 0.3) is 0 Å². The number of carbonyl (C=O) groups is 2. The van der Waals surface area contributed by atoms with E-state index < -0.39 is 0 Å². The fourth-order valence-electron chi connectivity index (χ4n) is 3.47. The summed E-state index contributed by atoms with van der Waals surface area (Å²) in [6, 6.07) is 1.89. The van der Waals surface area contributed by atoms with Crippen LogP contribution < -0.4 is 11.1 Å². The van der Waals surface area contributed by atoms with Gasteiger partial charge in [0.15, 0.2) is 5.69 Å². The van der Waals surface area contributed by atoms with Crippen molar-refractivity contribution in [2.75, 3.05) is 13.1 Å². The third kappa shape index (κ3) is 4.44. The fourth-order valence-corrected chi connectivity index (χ4v) is 3.47. The molecule has 2 heterocycles. The molecule has 0 aromatic carbocycles. The summed E-state index contributed by atoms with van der Waals surface area (Å²) < 4.78 is 5.25. The second-order valence-electron chi connectivity index (χ2n) is 8.56. The minimum atomic E-state index is -0.193. The molecule has 1 aliphatic heterocycles. The summed E-state index contributed by atoms with van der Waals surface area (Å²) in [6.45, 7) is 7.19. The third-order valence-electron chi connectivity index (χ3n) is 5.45. The van der Waals surface area contributed by atoms with Crippen LogP contribution in [0.3, 0.4) is 0 Å². The van der Waals surface area contributed by atoms with E-state index in [4.69, 9.17) is 10.3 Å². The van der Waals surface area contributed by atoms with Crippen LogP contribution in [-0.4, -0.2) is 47.0 Å².